The third-order valence-electron chi connectivity index (χ3n) is 5.44. The second-order valence-electron chi connectivity index (χ2n) is 6.82. The van der Waals surface area contributed by atoms with Crippen molar-refractivity contribution in [2.45, 2.75) is 57.0 Å². The van der Waals surface area contributed by atoms with Crippen LogP contribution in [0.3, 0.4) is 0 Å². The van der Waals surface area contributed by atoms with Crippen LogP contribution in [0.25, 0.3) is 0 Å². The van der Waals surface area contributed by atoms with Gasteiger partial charge in [-0.15, -0.1) is 0 Å². The van der Waals surface area contributed by atoms with Gasteiger partial charge in [-0.2, -0.15) is 0 Å². The molecular weight excluding hydrogens is 246 g/mol. The van der Waals surface area contributed by atoms with Gasteiger partial charge in [0.1, 0.15) is 0 Å². The fraction of sp³-hybridized carbons (Fsp3) is 0.667. The molecule has 1 aliphatic heterocycles. The Morgan fingerprint density at radius 1 is 1.15 bits per heavy atom. The highest BCUT2D eigenvalue weighted by Gasteiger charge is 2.38. The van der Waals surface area contributed by atoms with E-state index in [1.165, 1.54) is 37.8 Å². The van der Waals surface area contributed by atoms with Crippen molar-refractivity contribution < 1.29 is 5.11 Å². The lowest BCUT2D eigenvalue weighted by molar-refractivity contribution is 0.0736. The van der Waals surface area contributed by atoms with Crippen LogP contribution >= 0.6 is 0 Å². The number of likely N-dealkylation sites (tertiary alicyclic amines) is 1. The van der Waals surface area contributed by atoms with E-state index in [4.69, 9.17) is 0 Å². The van der Waals surface area contributed by atoms with Crippen LogP contribution in [-0.2, 0) is 5.41 Å². The molecule has 1 N–H and O–H groups in total. The maximum Gasteiger partial charge on any atom is 0.0564 e. The Morgan fingerprint density at radius 3 is 2.35 bits per heavy atom. The standard InChI is InChI=1S/C18H27NO/c1-15-3-5-16(6-4-15)18(9-2-10-18)11-14-19-12-7-17(20)8-13-19/h3-6,17,20H,2,7-14H2,1H3. The molecular formula is C18H27NO. The van der Waals surface area contributed by atoms with Crippen molar-refractivity contribution in [2.24, 2.45) is 0 Å². The van der Waals surface area contributed by atoms with Crippen LogP contribution in [0.15, 0.2) is 24.3 Å². The molecule has 0 bridgehead atoms. The SMILES string of the molecule is Cc1ccc(C2(CCN3CCC(O)CC3)CCC2)cc1. The first-order chi connectivity index (χ1) is 9.68. The molecule has 2 aliphatic rings. The van der Waals surface area contributed by atoms with E-state index in [1.807, 2.05) is 0 Å². The topological polar surface area (TPSA) is 23.5 Å². The molecule has 0 radical (unpaired) electrons. The van der Waals surface area contributed by atoms with Gasteiger partial charge in [0.15, 0.2) is 0 Å². The highest BCUT2D eigenvalue weighted by Crippen LogP contribution is 2.46. The first-order valence-electron chi connectivity index (χ1n) is 8.16. The first kappa shape index (κ1) is 14.1. The summed E-state index contributed by atoms with van der Waals surface area (Å²) in [5, 5.41) is 9.59. The molecule has 0 spiro atoms. The predicted molar refractivity (Wildman–Crippen MR) is 83.0 cm³/mol. The fourth-order valence-electron chi connectivity index (χ4n) is 3.71. The third-order valence-corrected chi connectivity index (χ3v) is 5.44. The maximum absolute atomic E-state index is 9.59. The van der Waals surface area contributed by atoms with Gasteiger partial charge in [-0.05, 0) is 56.6 Å². The smallest absolute Gasteiger partial charge is 0.0564 e. The molecule has 1 aromatic rings. The highest BCUT2D eigenvalue weighted by atomic mass is 16.3. The van der Waals surface area contributed by atoms with E-state index >= 15 is 0 Å². The Hall–Kier alpha value is -0.860. The van der Waals surface area contributed by atoms with Gasteiger partial charge in [0, 0.05) is 13.1 Å². The van der Waals surface area contributed by atoms with Crippen molar-refractivity contribution in [3.05, 3.63) is 35.4 Å². The predicted octanol–water partition coefficient (Wildman–Crippen LogP) is 3.26. The number of hydrogen-bond donors (Lipinski definition) is 1. The van der Waals surface area contributed by atoms with Crippen molar-refractivity contribution in [1.29, 1.82) is 0 Å². The molecule has 2 heteroatoms. The van der Waals surface area contributed by atoms with E-state index in [2.05, 4.69) is 36.1 Å². The number of aryl methyl sites for hydroxylation is 1. The van der Waals surface area contributed by atoms with Gasteiger partial charge in [-0.25, -0.2) is 0 Å². The van der Waals surface area contributed by atoms with E-state index in [0.29, 0.717) is 5.41 Å². The monoisotopic (exact) mass is 273 g/mol. The number of aliphatic hydroxyl groups is 1. The van der Waals surface area contributed by atoms with Crippen molar-refractivity contribution in [1.82, 2.24) is 4.90 Å². The molecule has 2 fully saturated rings. The summed E-state index contributed by atoms with van der Waals surface area (Å²) in [7, 11) is 0. The highest BCUT2D eigenvalue weighted by molar-refractivity contribution is 5.30. The number of nitrogens with zero attached hydrogens (tertiary/aromatic N) is 1. The van der Waals surface area contributed by atoms with Crippen molar-refractivity contribution >= 4 is 0 Å². The summed E-state index contributed by atoms with van der Waals surface area (Å²) in [6.07, 6.45) is 7.23. The number of aliphatic hydroxyl groups excluding tert-OH is 1. The van der Waals surface area contributed by atoms with Crippen LogP contribution in [0.5, 0.6) is 0 Å². The molecule has 1 saturated carbocycles. The lowest BCUT2D eigenvalue weighted by atomic mass is 9.62. The van der Waals surface area contributed by atoms with Gasteiger partial charge in [-0.3, -0.25) is 0 Å². The molecule has 1 aliphatic carbocycles. The maximum atomic E-state index is 9.59. The largest absolute Gasteiger partial charge is 0.393 e. The summed E-state index contributed by atoms with van der Waals surface area (Å²) in [6.45, 7) is 5.51. The molecule has 3 rings (SSSR count). The number of hydrogen-bond acceptors (Lipinski definition) is 2. The minimum absolute atomic E-state index is 0.0546. The summed E-state index contributed by atoms with van der Waals surface area (Å²) in [6, 6.07) is 9.20. The third kappa shape index (κ3) is 2.91. The quantitative estimate of drug-likeness (QED) is 0.910. The van der Waals surface area contributed by atoms with E-state index in [-0.39, 0.29) is 6.10 Å². The van der Waals surface area contributed by atoms with Crippen molar-refractivity contribution in [3.63, 3.8) is 0 Å². The van der Waals surface area contributed by atoms with Crippen LogP contribution in [0.4, 0.5) is 0 Å². The molecule has 0 aromatic heterocycles. The number of piperidine rings is 1. The van der Waals surface area contributed by atoms with Gasteiger partial charge in [0.25, 0.3) is 0 Å². The molecule has 2 nitrogen and oxygen atoms in total. The molecule has 110 valence electrons. The van der Waals surface area contributed by atoms with Crippen molar-refractivity contribution in [3.8, 4) is 0 Å². The molecule has 0 unspecified atom stereocenters. The average Bonchev–Trinajstić information content (AvgIpc) is 2.41. The van der Waals surface area contributed by atoms with Gasteiger partial charge in [0.2, 0.25) is 0 Å². The van der Waals surface area contributed by atoms with Gasteiger partial charge >= 0.3 is 0 Å². The number of rotatable bonds is 4. The van der Waals surface area contributed by atoms with E-state index < -0.39 is 0 Å². The molecule has 0 amide bonds. The van der Waals surface area contributed by atoms with Gasteiger partial charge in [0.05, 0.1) is 6.10 Å². The fourth-order valence-corrected chi connectivity index (χ4v) is 3.71. The zero-order valence-corrected chi connectivity index (χ0v) is 12.6. The van der Waals surface area contributed by atoms with Crippen LogP contribution in [-0.4, -0.2) is 35.7 Å². The van der Waals surface area contributed by atoms with Crippen LogP contribution in [0.2, 0.25) is 0 Å². The van der Waals surface area contributed by atoms with Crippen LogP contribution < -0.4 is 0 Å². The Morgan fingerprint density at radius 2 is 1.80 bits per heavy atom. The molecule has 1 aromatic carbocycles. The molecule has 1 saturated heterocycles. The summed E-state index contributed by atoms with van der Waals surface area (Å²) in [4.78, 5) is 2.54. The van der Waals surface area contributed by atoms with E-state index in [1.54, 1.807) is 5.56 Å². The molecule has 20 heavy (non-hydrogen) atoms. The minimum atomic E-state index is -0.0546. The van der Waals surface area contributed by atoms with Gasteiger partial charge in [-0.1, -0.05) is 36.2 Å². The Bertz CT molecular complexity index is 427. The zero-order chi connectivity index (χ0) is 14.0. The minimum Gasteiger partial charge on any atom is -0.393 e. The Labute approximate surface area is 122 Å². The van der Waals surface area contributed by atoms with Gasteiger partial charge < -0.3 is 10.0 Å². The second kappa shape index (κ2) is 5.87. The average molecular weight is 273 g/mol. The first-order valence-corrected chi connectivity index (χ1v) is 8.16. The summed E-state index contributed by atoms with van der Waals surface area (Å²) in [5.74, 6) is 0. The summed E-state index contributed by atoms with van der Waals surface area (Å²) >= 11 is 0. The van der Waals surface area contributed by atoms with E-state index in [9.17, 15) is 5.11 Å². The molecule has 1 heterocycles. The summed E-state index contributed by atoms with van der Waals surface area (Å²) in [5.41, 5.74) is 3.35. The van der Waals surface area contributed by atoms with E-state index in [0.717, 1.165) is 25.9 Å². The second-order valence-corrected chi connectivity index (χ2v) is 6.82. The van der Waals surface area contributed by atoms with Crippen LogP contribution in [0, 0.1) is 6.92 Å². The zero-order valence-electron chi connectivity index (χ0n) is 12.6. The Kier molecular flexibility index (Phi) is 4.13. The lowest BCUT2D eigenvalue weighted by Crippen LogP contribution is -2.41. The Balaban J connectivity index is 1.60. The lowest BCUT2D eigenvalue weighted by Gasteiger charge is -2.44. The summed E-state index contributed by atoms with van der Waals surface area (Å²) < 4.78 is 0. The molecule has 0 atom stereocenters. The van der Waals surface area contributed by atoms with Crippen molar-refractivity contribution in [2.75, 3.05) is 19.6 Å². The number of benzene rings is 1. The normalized spacial score (nSPS) is 23.5. The van der Waals surface area contributed by atoms with Crippen LogP contribution in [0.1, 0.15) is 49.7 Å².